The molecule has 5 rings (SSSR count). The number of allylic oxidation sites excluding steroid dienone is 1. The molecule has 1 aromatic heterocycles. The Morgan fingerprint density at radius 1 is 1.00 bits per heavy atom. The molecule has 1 amide bonds. The van der Waals surface area contributed by atoms with Crippen LogP contribution in [-0.2, 0) is 11.3 Å². The minimum Gasteiger partial charge on any atom is -0.350 e. The quantitative estimate of drug-likeness (QED) is 0.478. The number of amides is 1. The molecule has 0 fully saturated rings. The second kappa shape index (κ2) is 9.27. The van der Waals surface area contributed by atoms with Gasteiger partial charge in [0.25, 0.3) is 5.95 Å². The van der Waals surface area contributed by atoms with Gasteiger partial charge in [0.1, 0.15) is 18.4 Å². The fourth-order valence-electron chi connectivity index (χ4n) is 4.02. The molecule has 3 aromatic carbocycles. The van der Waals surface area contributed by atoms with E-state index in [4.69, 9.17) is 0 Å². The molecular weight excluding hydrogens is 431 g/mol. The standard InChI is InChI=1S/C26H23FN6O/c1-18-11-13-20(14-12-18)24-15-23(19-7-3-2-4-8-19)32(26-29-30-31-33(24)26)17-25(34)28-16-21-9-5-6-10-22(21)27/h2-15,24H,16-17H2,1H3,(H,28,34). The van der Waals surface area contributed by atoms with Crippen LogP contribution in [0.5, 0.6) is 0 Å². The Kier molecular flexibility index (Phi) is 5.86. The number of benzene rings is 3. The van der Waals surface area contributed by atoms with Crippen LogP contribution in [0.1, 0.15) is 28.3 Å². The van der Waals surface area contributed by atoms with Gasteiger partial charge in [-0.1, -0.05) is 83.5 Å². The highest BCUT2D eigenvalue weighted by Crippen LogP contribution is 2.36. The Balaban J connectivity index is 1.47. The van der Waals surface area contributed by atoms with Gasteiger partial charge in [-0.25, -0.2) is 4.39 Å². The van der Waals surface area contributed by atoms with Crippen LogP contribution in [-0.4, -0.2) is 32.7 Å². The maximum atomic E-state index is 14.0. The number of aryl methyl sites for hydroxylation is 1. The van der Waals surface area contributed by atoms with Crippen LogP contribution in [0.3, 0.4) is 0 Å². The molecule has 1 unspecified atom stereocenters. The number of hydrogen-bond donors (Lipinski definition) is 1. The molecule has 7 nitrogen and oxygen atoms in total. The van der Waals surface area contributed by atoms with E-state index in [9.17, 15) is 9.18 Å². The van der Waals surface area contributed by atoms with E-state index in [1.165, 1.54) is 6.07 Å². The van der Waals surface area contributed by atoms with Crippen molar-refractivity contribution in [2.24, 2.45) is 0 Å². The number of halogens is 1. The van der Waals surface area contributed by atoms with E-state index in [2.05, 4.69) is 51.2 Å². The molecule has 4 aromatic rings. The van der Waals surface area contributed by atoms with E-state index in [1.807, 2.05) is 37.3 Å². The average molecular weight is 455 g/mol. The van der Waals surface area contributed by atoms with Crippen LogP contribution in [0.15, 0.2) is 84.9 Å². The molecule has 0 spiro atoms. The van der Waals surface area contributed by atoms with Crippen LogP contribution in [0.25, 0.3) is 5.70 Å². The number of nitrogens with zero attached hydrogens (tertiary/aromatic N) is 5. The third kappa shape index (κ3) is 4.30. The first-order valence-electron chi connectivity index (χ1n) is 11.0. The summed E-state index contributed by atoms with van der Waals surface area (Å²) in [6.07, 6.45) is 2.06. The molecule has 34 heavy (non-hydrogen) atoms. The summed E-state index contributed by atoms with van der Waals surface area (Å²) in [6, 6.07) is 24.2. The second-order valence-electron chi connectivity index (χ2n) is 8.15. The summed E-state index contributed by atoms with van der Waals surface area (Å²) in [5.41, 5.74) is 4.40. The maximum absolute atomic E-state index is 14.0. The summed E-state index contributed by atoms with van der Waals surface area (Å²) in [4.78, 5) is 14.7. The Morgan fingerprint density at radius 2 is 1.74 bits per heavy atom. The van der Waals surface area contributed by atoms with Gasteiger partial charge in [0, 0.05) is 12.1 Å². The zero-order valence-corrected chi connectivity index (χ0v) is 18.6. The second-order valence-corrected chi connectivity index (χ2v) is 8.15. The number of tetrazole rings is 1. The lowest BCUT2D eigenvalue weighted by Gasteiger charge is -2.32. The third-order valence-electron chi connectivity index (χ3n) is 5.81. The lowest BCUT2D eigenvalue weighted by atomic mass is 10.00. The SMILES string of the molecule is Cc1ccc(C2C=C(c3ccccc3)N(CC(=O)NCc3ccccc3F)c3nnnn32)cc1. The van der Waals surface area contributed by atoms with Crippen LogP contribution < -0.4 is 10.2 Å². The highest BCUT2D eigenvalue weighted by atomic mass is 19.1. The molecule has 0 bridgehead atoms. The van der Waals surface area contributed by atoms with Gasteiger partial charge in [-0.2, -0.15) is 4.68 Å². The van der Waals surface area contributed by atoms with Crippen molar-refractivity contribution in [3.05, 3.63) is 113 Å². The summed E-state index contributed by atoms with van der Waals surface area (Å²) in [7, 11) is 0. The van der Waals surface area contributed by atoms with Gasteiger partial charge in [0.2, 0.25) is 5.91 Å². The van der Waals surface area contributed by atoms with Crippen molar-refractivity contribution in [2.75, 3.05) is 11.4 Å². The van der Waals surface area contributed by atoms with Gasteiger partial charge in [-0.3, -0.25) is 9.69 Å². The molecule has 1 atom stereocenters. The van der Waals surface area contributed by atoms with Crippen LogP contribution in [0.4, 0.5) is 10.3 Å². The van der Waals surface area contributed by atoms with Gasteiger partial charge in [0.15, 0.2) is 0 Å². The Morgan fingerprint density at radius 3 is 2.50 bits per heavy atom. The molecule has 0 aliphatic carbocycles. The minimum atomic E-state index is -0.351. The topological polar surface area (TPSA) is 75.9 Å². The first-order valence-corrected chi connectivity index (χ1v) is 11.0. The summed E-state index contributed by atoms with van der Waals surface area (Å²) in [6.45, 7) is 2.12. The van der Waals surface area contributed by atoms with Crippen LogP contribution in [0, 0.1) is 12.7 Å². The Labute approximate surface area is 196 Å². The zero-order chi connectivity index (χ0) is 23.5. The van der Waals surface area contributed by atoms with Crippen molar-refractivity contribution in [3.63, 3.8) is 0 Å². The molecule has 0 saturated heterocycles. The van der Waals surface area contributed by atoms with E-state index in [1.54, 1.807) is 27.8 Å². The van der Waals surface area contributed by atoms with Crippen LogP contribution in [0.2, 0.25) is 0 Å². The van der Waals surface area contributed by atoms with Crippen molar-refractivity contribution < 1.29 is 9.18 Å². The molecule has 0 radical (unpaired) electrons. The van der Waals surface area contributed by atoms with E-state index >= 15 is 0 Å². The number of anilines is 1. The molecule has 1 aliphatic rings. The summed E-state index contributed by atoms with van der Waals surface area (Å²) < 4.78 is 15.7. The summed E-state index contributed by atoms with van der Waals surface area (Å²) in [5.74, 6) is -0.156. The van der Waals surface area contributed by atoms with E-state index in [0.717, 1.165) is 22.4 Å². The largest absolute Gasteiger partial charge is 0.350 e. The van der Waals surface area contributed by atoms with Crippen molar-refractivity contribution in [2.45, 2.75) is 19.5 Å². The highest BCUT2D eigenvalue weighted by molar-refractivity contribution is 5.89. The van der Waals surface area contributed by atoms with Crippen molar-refractivity contribution in [3.8, 4) is 0 Å². The monoisotopic (exact) mass is 454 g/mol. The number of hydrogen-bond acceptors (Lipinski definition) is 5. The minimum absolute atomic E-state index is 0.0177. The fraction of sp³-hybridized carbons (Fsp3) is 0.154. The first-order chi connectivity index (χ1) is 16.6. The lowest BCUT2D eigenvalue weighted by Crippen LogP contribution is -2.40. The van der Waals surface area contributed by atoms with Crippen molar-refractivity contribution >= 4 is 17.6 Å². The van der Waals surface area contributed by atoms with Gasteiger partial charge < -0.3 is 5.32 Å². The van der Waals surface area contributed by atoms with Gasteiger partial charge in [-0.05, 0) is 40.6 Å². The van der Waals surface area contributed by atoms with E-state index < -0.39 is 0 Å². The third-order valence-corrected chi connectivity index (χ3v) is 5.81. The van der Waals surface area contributed by atoms with Crippen molar-refractivity contribution in [1.29, 1.82) is 0 Å². The van der Waals surface area contributed by atoms with Crippen molar-refractivity contribution in [1.82, 2.24) is 25.5 Å². The number of carbonyl (C=O) groups excluding carboxylic acids is 1. The highest BCUT2D eigenvalue weighted by Gasteiger charge is 2.31. The zero-order valence-electron chi connectivity index (χ0n) is 18.6. The van der Waals surface area contributed by atoms with Crippen LogP contribution >= 0.6 is 0 Å². The molecule has 2 heterocycles. The number of aromatic nitrogens is 4. The Hall–Kier alpha value is -4.33. The fourth-order valence-corrected chi connectivity index (χ4v) is 4.02. The molecule has 1 aliphatic heterocycles. The van der Waals surface area contributed by atoms with Gasteiger partial charge in [-0.15, -0.1) is 0 Å². The first kappa shape index (κ1) is 21.5. The van der Waals surface area contributed by atoms with Gasteiger partial charge >= 0.3 is 0 Å². The summed E-state index contributed by atoms with van der Waals surface area (Å²) >= 11 is 0. The number of fused-ring (bicyclic) bond motifs is 1. The molecule has 8 heteroatoms. The molecular formula is C26H23FN6O. The molecule has 0 saturated carbocycles. The van der Waals surface area contributed by atoms with E-state index in [-0.39, 0.29) is 30.9 Å². The Bertz CT molecular complexity index is 1330. The molecule has 170 valence electrons. The average Bonchev–Trinajstić information content (AvgIpc) is 3.35. The lowest BCUT2D eigenvalue weighted by molar-refractivity contribution is -0.119. The number of carbonyl (C=O) groups is 1. The maximum Gasteiger partial charge on any atom is 0.251 e. The van der Waals surface area contributed by atoms with Gasteiger partial charge in [0.05, 0.1) is 5.70 Å². The smallest absolute Gasteiger partial charge is 0.251 e. The molecule has 1 N–H and O–H groups in total. The normalized spacial score (nSPS) is 14.9. The predicted octanol–water partition coefficient (Wildman–Crippen LogP) is 3.89. The van der Waals surface area contributed by atoms with E-state index in [0.29, 0.717) is 11.5 Å². The number of nitrogens with one attached hydrogen (secondary N) is 1. The number of rotatable bonds is 6. The predicted molar refractivity (Wildman–Crippen MR) is 127 cm³/mol. The summed E-state index contributed by atoms with van der Waals surface area (Å²) in [5, 5.41) is 15.2.